The fourth-order valence-electron chi connectivity index (χ4n) is 2.70. The summed E-state index contributed by atoms with van der Waals surface area (Å²) in [5, 5.41) is 18.7. The first-order valence-corrected chi connectivity index (χ1v) is 12.1. The second-order valence-corrected chi connectivity index (χ2v) is 9.68. The highest BCUT2D eigenvalue weighted by Crippen LogP contribution is 2.18. The number of benzene rings is 1. The lowest BCUT2D eigenvalue weighted by atomic mass is 10.1. The molecule has 1 aromatic rings. The maximum absolute atomic E-state index is 11.9. The van der Waals surface area contributed by atoms with Crippen LogP contribution in [0.5, 0.6) is 5.75 Å². The first-order chi connectivity index (χ1) is 13.2. The van der Waals surface area contributed by atoms with E-state index in [1.165, 1.54) is 10.6 Å². The highest BCUT2D eigenvalue weighted by atomic mass is 79.9. The molecule has 0 aliphatic carbocycles. The van der Waals surface area contributed by atoms with Crippen LogP contribution in [0.4, 0.5) is 0 Å². The molecule has 0 heterocycles. The van der Waals surface area contributed by atoms with Gasteiger partial charge in [0.05, 0.1) is 12.4 Å². The van der Waals surface area contributed by atoms with Crippen LogP contribution in [0.15, 0.2) is 28.7 Å². The Kier molecular flexibility index (Phi) is 11.7. The molecule has 1 rings (SSSR count). The number of ether oxygens (including phenoxy) is 1. The Morgan fingerprint density at radius 1 is 1.18 bits per heavy atom. The molecule has 0 saturated heterocycles. The van der Waals surface area contributed by atoms with Crippen molar-refractivity contribution >= 4 is 31.9 Å². The molecule has 0 aliphatic rings. The number of aliphatic carboxylic acids is 1. The molecule has 0 amide bonds. The molecule has 1 unspecified atom stereocenters. The number of nitrogens with zero attached hydrogens (tertiary/aromatic N) is 1. The van der Waals surface area contributed by atoms with Crippen molar-refractivity contribution in [1.29, 1.82) is 0 Å². The zero-order valence-electron chi connectivity index (χ0n) is 16.2. The highest BCUT2D eigenvalue weighted by molar-refractivity contribution is 9.10. The molecule has 0 aromatic heterocycles. The number of hydrogen-bond acceptors (Lipinski definition) is 5. The lowest BCUT2D eigenvalue weighted by Crippen LogP contribution is -2.32. The number of carboxylic acids is 1. The van der Waals surface area contributed by atoms with Gasteiger partial charge < -0.3 is 14.9 Å². The van der Waals surface area contributed by atoms with Crippen LogP contribution >= 0.6 is 15.9 Å². The van der Waals surface area contributed by atoms with Crippen molar-refractivity contribution in [1.82, 2.24) is 4.31 Å². The Morgan fingerprint density at radius 3 is 2.50 bits per heavy atom. The van der Waals surface area contributed by atoms with Crippen LogP contribution in [0.25, 0.3) is 0 Å². The number of hydrogen-bond donors (Lipinski definition) is 2. The van der Waals surface area contributed by atoms with Gasteiger partial charge in [-0.2, -0.15) is 0 Å². The minimum absolute atomic E-state index is 0.148. The fraction of sp³-hybridized carbons (Fsp3) is 0.632. The van der Waals surface area contributed by atoms with Gasteiger partial charge in [-0.3, -0.25) is 4.79 Å². The Balaban J connectivity index is 2.27. The normalized spacial score (nSPS) is 12.9. The summed E-state index contributed by atoms with van der Waals surface area (Å²) < 4.78 is 31.7. The average Bonchev–Trinajstić information content (AvgIpc) is 2.60. The Morgan fingerprint density at radius 2 is 1.86 bits per heavy atom. The van der Waals surface area contributed by atoms with Crippen molar-refractivity contribution in [2.75, 3.05) is 26.0 Å². The number of unbranched alkanes of at least 4 members (excludes halogenated alkanes) is 3. The van der Waals surface area contributed by atoms with Gasteiger partial charge in [-0.05, 0) is 43.9 Å². The number of halogens is 1. The number of aliphatic hydroxyl groups is 1. The molecule has 0 spiro atoms. The van der Waals surface area contributed by atoms with Crippen LogP contribution in [0.2, 0.25) is 0 Å². The lowest BCUT2D eigenvalue weighted by Gasteiger charge is -2.20. The largest absolute Gasteiger partial charge is 0.491 e. The van der Waals surface area contributed by atoms with E-state index in [0.717, 1.165) is 17.3 Å². The monoisotopic (exact) mass is 479 g/mol. The van der Waals surface area contributed by atoms with Crippen LogP contribution in [0.3, 0.4) is 0 Å². The van der Waals surface area contributed by atoms with E-state index in [4.69, 9.17) is 9.84 Å². The molecule has 9 heteroatoms. The van der Waals surface area contributed by atoms with Crippen LogP contribution in [-0.4, -0.2) is 61.0 Å². The van der Waals surface area contributed by atoms with E-state index < -0.39 is 22.1 Å². The van der Waals surface area contributed by atoms with E-state index in [1.807, 2.05) is 18.2 Å². The van der Waals surface area contributed by atoms with Crippen LogP contribution < -0.4 is 4.74 Å². The van der Waals surface area contributed by atoms with Gasteiger partial charge >= 0.3 is 5.97 Å². The van der Waals surface area contributed by atoms with E-state index in [2.05, 4.69) is 15.9 Å². The Hall–Kier alpha value is -1.16. The van der Waals surface area contributed by atoms with Crippen molar-refractivity contribution in [3.63, 3.8) is 0 Å². The minimum Gasteiger partial charge on any atom is -0.491 e. The van der Waals surface area contributed by atoms with Crippen LogP contribution in [0, 0.1) is 0 Å². The summed E-state index contributed by atoms with van der Waals surface area (Å²) >= 11 is 3.36. The van der Waals surface area contributed by atoms with Gasteiger partial charge in [-0.25, -0.2) is 12.7 Å². The number of aliphatic hydroxyl groups excluding tert-OH is 1. The Labute approximate surface area is 175 Å². The molecular formula is C19H30BrNO6S. The average molecular weight is 480 g/mol. The fourth-order valence-corrected chi connectivity index (χ4v) is 4.00. The maximum atomic E-state index is 11.9. The van der Waals surface area contributed by atoms with E-state index in [9.17, 15) is 18.3 Å². The van der Waals surface area contributed by atoms with Gasteiger partial charge in [-0.15, -0.1) is 0 Å². The SMILES string of the molecule is CS(=O)(=O)N(CCCCCCC(=O)O)CCCC(O)COc1cccc(Br)c1. The Bertz CT molecular complexity index is 697. The number of sulfonamides is 1. The number of carboxylic acid groups (broad SMARTS) is 1. The van der Waals surface area contributed by atoms with E-state index in [-0.39, 0.29) is 13.0 Å². The molecule has 7 nitrogen and oxygen atoms in total. The molecule has 2 N–H and O–H groups in total. The third kappa shape index (κ3) is 11.6. The summed E-state index contributed by atoms with van der Waals surface area (Å²) in [6.07, 6.45) is 4.52. The predicted molar refractivity (Wildman–Crippen MR) is 112 cm³/mol. The van der Waals surface area contributed by atoms with Gasteiger partial charge in [0.1, 0.15) is 12.4 Å². The molecule has 28 heavy (non-hydrogen) atoms. The van der Waals surface area contributed by atoms with E-state index in [1.54, 1.807) is 6.07 Å². The van der Waals surface area contributed by atoms with Gasteiger partial charge in [0.25, 0.3) is 0 Å². The summed E-state index contributed by atoms with van der Waals surface area (Å²) in [4.78, 5) is 10.5. The smallest absolute Gasteiger partial charge is 0.303 e. The predicted octanol–water partition coefficient (Wildman–Crippen LogP) is 3.27. The zero-order valence-corrected chi connectivity index (χ0v) is 18.6. The second kappa shape index (κ2) is 13.1. The lowest BCUT2D eigenvalue weighted by molar-refractivity contribution is -0.137. The molecule has 1 atom stereocenters. The molecule has 0 fully saturated rings. The maximum Gasteiger partial charge on any atom is 0.303 e. The summed E-state index contributed by atoms with van der Waals surface area (Å²) in [6.45, 7) is 0.914. The van der Waals surface area contributed by atoms with Crippen molar-refractivity contribution in [2.45, 2.75) is 51.0 Å². The van der Waals surface area contributed by atoms with E-state index in [0.29, 0.717) is 44.5 Å². The molecule has 0 saturated carbocycles. The van der Waals surface area contributed by atoms with Gasteiger partial charge in [0.15, 0.2) is 0 Å². The van der Waals surface area contributed by atoms with Crippen LogP contribution in [0.1, 0.15) is 44.9 Å². The summed E-state index contributed by atoms with van der Waals surface area (Å²) in [5.41, 5.74) is 0. The topological polar surface area (TPSA) is 104 Å². The zero-order chi connectivity index (χ0) is 21.0. The molecule has 0 radical (unpaired) electrons. The molecule has 0 bridgehead atoms. The van der Waals surface area contributed by atoms with Crippen molar-refractivity contribution in [3.8, 4) is 5.75 Å². The van der Waals surface area contributed by atoms with Gasteiger partial charge in [0, 0.05) is 24.0 Å². The van der Waals surface area contributed by atoms with Gasteiger partial charge in [-0.1, -0.05) is 34.8 Å². The van der Waals surface area contributed by atoms with Gasteiger partial charge in [0.2, 0.25) is 10.0 Å². The highest BCUT2D eigenvalue weighted by Gasteiger charge is 2.16. The third-order valence-electron chi connectivity index (χ3n) is 4.20. The molecule has 160 valence electrons. The third-order valence-corrected chi connectivity index (χ3v) is 6.00. The summed E-state index contributed by atoms with van der Waals surface area (Å²) in [6, 6.07) is 7.35. The second-order valence-electron chi connectivity index (χ2n) is 6.78. The first kappa shape index (κ1) is 24.9. The minimum atomic E-state index is -3.31. The molecule has 0 aliphatic heterocycles. The van der Waals surface area contributed by atoms with Crippen molar-refractivity contribution in [3.05, 3.63) is 28.7 Å². The van der Waals surface area contributed by atoms with Crippen LogP contribution in [-0.2, 0) is 14.8 Å². The first-order valence-electron chi connectivity index (χ1n) is 9.42. The van der Waals surface area contributed by atoms with E-state index >= 15 is 0 Å². The molecular weight excluding hydrogens is 450 g/mol. The van der Waals surface area contributed by atoms with Crippen molar-refractivity contribution < 1.29 is 28.2 Å². The number of rotatable bonds is 15. The standard InChI is InChI=1S/C19H30BrNO6S/c1-28(25,26)21(12-5-3-2-4-11-19(23)24)13-7-9-17(22)15-27-18-10-6-8-16(20)14-18/h6,8,10,14,17,22H,2-5,7,9,11-13,15H2,1H3,(H,23,24). The van der Waals surface area contributed by atoms with Crippen molar-refractivity contribution in [2.24, 2.45) is 0 Å². The molecule has 1 aromatic carbocycles. The summed E-state index contributed by atoms with van der Waals surface area (Å²) in [7, 11) is -3.31. The summed E-state index contributed by atoms with van der Waals surface area (Å²) in [5.74, 6) is -0.144. The number of carbonyl (C=O) groups is 1. The quantitative estimate of drug-likeness (QED) is 0.374.